The third-order valence-corrected chi connectivity index (χ3v) is 4.49. The summed E-state index contributed by atoms with van der Waals surface area (Å²) >= 11 is 0. The molecule has 0 spiro atoms. The third-order valence-electron chi connectivity index (χ3n) is 4.49. The molecule has 2 unspecified atom stereocenters. The van der Waals surface area contributed by atoms with Crippen molar-refractivity contribution in [3.8, 4) is 0 Å². The lowest BCUT2D eigenvalue weighted by Crippen LogP contribution is -2.39. The Labute approximate surface area is 124 Å². The number of amides is 1. The highest BCUT2D eigenvalue weighted by atomic mass is 16.3. The second kappa shape index (κ2) is 9.38. The van der Waals surface area contributed by atoms with Crippen LogP contribution in [0.25, 0.3) is 0 Å². The van der Waals surface area contributed by atoms with Crippen molar-refractivity contribution in [2.24, 2.45) is 17.8 Å². The van der Waals surface area contributed by atoms with E-state index in [1.807, 2.05) is 6.92 Å². The van der Waals surface area contributed by atoms with Crippen LogP contribution in [-0.4, -0.2) is 23.7 Å². The van der Waals surface area contributed by atoms with Gasteiger partial charge in [-0.1, -0.05) is 52.9 Å². The average Bonchev–Trinajstić information content (AvgIpc) is 3.25. The van der Waals surface area contributed by atoms with Crippen LogP contribution >= 0.6 is 0 Å². The van der Waals surface area contributed by atoms with E-state index in [1.54, 1.807) is 0 Å². The molecule has 1 amide bonds. The van der Waals surface area contributed by atoms with E-state index in [1.165, 1.54) is 38.5 Å². The number of aliphatic hydroxyl groups is 1. The van der Waals surface area contributed by atoms with Gasteiger partial charge in [-0.2, -0.15) is 0 Å². The van der Waals surface area contributed by atoms with Crippen LogP contribution in [0.1, 0.15) is 72.1 Å². The minimum Gasteiger partial charge on any atom is -0.383 e. The van der Waals surface area contributed by atoms with Gasteiger partial charge in [0.25, 0.3) is 0 Å². The molecule has 20 heavy (non-hydrogen) atoms. The Morgan fingerprint density at radius 3 is 2.25 bits per heavy atom. The lowest BCUT2D eigenvalue weighted by molar-refractivity contribution is -0.131. The zero-order chi connectivity index (χ0) is 15.0. The van der Waals surface area contributed by atoms with Gasteiger partial charge in [0, 0.05) is 6.54 Å². The highest BCUT2D eigenvalue weighted by Crippen LogP contribution is 2.28. The van der Waals surface area contributed by atoms with Gasteiger partial charge in [0.2, 0.25) is 5.91 Å². The molecule has 118 valence electrons. The second-order valence-electron chi connectivity index (χ2n) is 6.63. The summed E-state index contributed by atoms with van der Waals surface area (Å²) in [5, 5.41) is 13.0. The summed E-state index contributed by atoms with van der Waals surface area (Å²) in [6, 6.07) is 0. The van der Waals surface area contributed by atoms with Crippen molar-refractivity contribution in [2.75, 3.05) is 6.54 Å². The summed E-state index contributed by atoms with van der Waals surface area (Å²) in [7, 11) is 0. The first-order valence-electron chi connectivity index (χ1n) is 8.54. The van der Waals surface area contributed by atoms with Crippen LogP contribution in [0.5, 0.6) is 0 Å². The minimum absolute atomic E-state index is 0.0606. The molecule has 0 saturated heterocycles. The molecule has 0 aromatic heterocycles. The number of hydrogen-bond acceptors (Lipinski definition) is 2. The monoisotopic (exact) mass is 283 g/mol. The van der Waals surface area contributed by atoms with Crippen molar-refractivity contribution in [3.05, 3.63) is 0 Å². The Morgan fingerprint density at radius 1 is 1.15 bits per heavy atom. The van der Waals surface area contributed by atoms with Gasteiger partial charge in [-0.15, -0.1) is 0 Å². The summed E-state index contributed by atoms with van der Waals surface area (Å²) in [4.78, 5) is 11.9. The molecule has 1 rings (SSSR count). The molecule has 3 heteroatoms. The van der Waals surface area contributed by atoms with Crippen LogP contribution in [-0.2, 0) is 4.79 Å². The summed E-state index contributed by atoms with van der Waals surface area (Å²) in [6.45, 7) is 7.20. The standard InChI is InChI=1S/C17H33NO2/c1-4-6-14(7-5-2)9-8-13(3)16(19)17(20)18-12-15-10-11-15/h13-16,19H,4-12H2,1-3H3,(H,18,20). The van der Waals surface area contributed by atoms with E-state index in [0.29, 0.717) is 5.92 Å². The van der Waals surface area contributed by atoms with Gasteiger partial charge in [0.05, 0.1) is 0 Å². The molecule has 2 N–H and O–H groups in total. The molecular weight excluding hydrogens is 250 g/mol. The molecule has 1 aliphatic carbocycles. The zero-order valence-electron chi connectivity index (χ0n) is 13.5. The van der Waals surface area contributed by atoms with Gasteiger partial charge in [0.1, 0.15) is 6.10 Å². The van der Waals surface area contributed by atoms with Gasteiger partial charge < -0.3 is 10.4 Å². The highest BCUT2D eigenvalue weighted by molar-refractivity contribution is 5.80. The van der Waals surface area contributed by atoms with Crippen molar-refractivity contribution in [1.29, 1.82) is 0 Å². The maximum absolute atomic E-state index is 11.9. The number of carbonyl (C=O) groups excluding carboxylic acids is 1. The van der Waals surface area contributed by atoms with Gasteiger partial charge in [-0.05, 0) is 37.0 Å². The third kappa shape index (κ3) is 6.74. The summed E-state index contributed by atoms with van der Waals surface area (Å²) in [5.41, 5.74) is 0. The number of rotatable bonds is 11. The maximum atomic E-state index is 11.9. The normalized spacial score (nSPS) is 18.1. The van der Waals surface area contributed by atoms with E-state index >= 15 is 0 Å². The van der Waals surface area contributed by atoms with Crippen LogP contribution in [0, 0.1) is 17.8 Å². The van der Waals surface area contributed by atoms with Crippen molar-refractivity contribution < 1.29 is 9.90 Å². The van der Waals surface area contributed by atoms with Crippen LogP contribution < -0.4 is 5.32 Å². The van der Waals surface area contributed by atoms with Gasteiger partial charge in [-0.25, -0.2) is 0 Å². The Balaban J connectivity index is 2.23. The molecule has 0 radical (unpaired) electrons. The van der Waals surface area contributed by atoms with Crippen molar-refractivity contribution in [2.45, 2.75) is 78.2 Å². The number of carbonyl (C=O) groups is 1. The molecule has 2 atom stereocenters. The fourth-order valence-corrected chi connectivity index (χ4v) is 2.84. The predicted octanol–water partition coefficient (Wildman–Crippen LogP) is 3.51. The van der Waals surface area contributed by atoms with Crippen molar-refractivity contribution >= 4 is 5.91 Å². The quantitative estimate of drug-likeness (QED) is 0.609. The Morgan fingerprint density at radius 2 is 1.75 bits per heavy atom. The van der Waals surface area contributed by atoms with Crippen molar-refractivity contribution in [1.82, 2.24) is 5.32 Å². The van der Waals surface area contributed by atoms with E-state index < -0.39 is 6.10 Å². The van der Waals surface area contributed by atoms with Crippen LogP contribution in [0.2, 0.25) is 0 Å². The Bertz CT molecular complexity index is 270. The molecule has 1 saturated carbocycles. The van der Waals surface area contributed by atoms with E-state index in [-0.39, 0.29) is 11.8 Å². The molecule has 1 fully saturated rings. The SMILES string of the molecule is CCCC(CCC)CCC(C)C(O)C(=O)NCC1CC1. The molecule has 0 aliphatic heterocycles. The predicted molar refractivity (Wildman–Crippen MR) is 83.4 cm³/mol. The topological polar surface area (TPSA) is 49.3 Å². The van der Waals surface area contributed by atoms with Gasteiger partial charge in [-0.3, -0.25) is 4.79 Å². The number of nitrogens with one attached hydrogen (secondary N) is 1. The lowest BCUT2D eigenvalue weighted by Gasteiger charge is -2.21. The molecule has 0 heterocycles. The Kier molecular flexibility index (Phi) is 8.20. The van der Waals surface area contributed by atoms with E-state index in [2.05, 4.69) is 19.2 Å². The number of aliphatic hydroxyl groups excluding tert-OH is 1. The zero-order valence-corrected chi connectivity index (χ0v) is 13.5. The van der Waals surface area contributed by atoms with E-state index in [0.717, 1.165) is 25.3 Å². The number of hydrogen-bond donors (Lipinski definition) is 2. The minimum atomic E-state index is -0.836. The summed E-state index contributed by atoms with van der Waals surface area (Å²) in [6.07, 6.45) is 8.68. The lowest BCUT2D eigenvalue weighted by atomic mass is 9.88. The van der Waals surface area contributed by atoms with Gasteiger partial charge >= 0.3 is 0 Å². The van der Waals surface area contributed by atoms with Crippen LogP contribution in [0.3, 0.4) is 0 Å². The second-order valence-corrected chi connectivity index (χ2v) is 6.63. The smallest absolute Gasteiger partial charge is 0.249 e. The first-order chi connectivity index (χ1) is 9.58. The molecule has 0 aromatic carbocycles. The fourth-order valence-electron chi connectivity index (χ4n) is 2.84. The van der Waals surface area contributed by atoms with Gasteiger partial charge in [0.15, 0.2) is 0 Å². The fraction of sp³-hybridized carbons (Fsp3) is 0.941. The van der Waals surface area contributed by atoms with Crippen molar-refractivity contribution in [3.63, 3.8) is 0 Å². The summed E-state index contributed by atoms with van der Waals surface area (Å²) < 4.78 is 0. The summed E-state index contributed by atoms with van der Waals surface area (Å²) in [5.74, 6) is 1.31. The average molecular weight is 283 g/mol. The van der Waals surface area contributed by atoms with Crippen LogP contribution in [0.15, 0.2) is 0 Å². The maximum Gasteiger partial charge on any atom is 0.249 e. The Hall–Kier alpha value is -0.570. The molecule has 0 bridgehead atoms. The molecule has 1 aliphatic rings. The first-order valence-corrected chi connectivity index (χ1v) is 8.54. The van der Waals surface area contributed by atoms with Crippen LogP contribution in [0.4, 0.5) is 0 Å². The van der Waals surface area contributed by atoms with E-state index in [4.69, 9.17) is 0 Å². The largest absolute Gasteiger partial charge is 0.383 e. The van der Waals surface area contributed by atoms with E-state index in [9.17, 15) is 9.90 Å². The first kappa shape index (κ1) is 17.5. The highest BCUT2D eigenvalue weighted by Gasteiger charge is 2.26. The molecule has 3 nitrogen and oxygen atoms in total. The molecule has 0 aromatic rings. The molecular formula is C17H33NO2.